The summed E-state index contributed by atoms with van der Waals surface area (Å²) in [7, 11) is 0. The molecule has 6 aromatic rings. The van der Waals surface area contributed by atoms with Crippen LogP contribution in [0.4, 0.5) is 23.4 Å². The van der Waals surface area contributed by atoms with E-state index in [9.17, 15) is 22.4 Å². The fourth-order valence-electron chi connectivity index (χ4n) is 4.79. The first kappa shape index (κ1) is 26.4. The molecule has 14 heteroatoms. The van der Waals surface area contributed by atoms with Crippen LogP contribution in [0.3, 0.4) is 0 Å². The summed E-state index contributed by atoms with van der Waals surface area (Å²) in [4.78, 5) is 26.4. The third-order valence-electron chi connectivity index (χ3n) is 6.60. The quantitative estimate of drug-likeness (QED) is 0.257. The molecular weight excluding hydrogens is 562 g/mol. The summed E-state index contributed by atoms with van der Waals surface area (Å²) in [5.74, 6) is -2.55. The average molecular weight is 582 g/mol. The molecule has 0 saturated carbocycles. The Labute approximate surface area is 232 Å². The van der Waals surface area contributed by atoms with E-state index < -0.39 is 24.1 Å². The number of hydrogen-bond donors (Lipinski definition) is 1. The lowest BCUT2D eigenvalue weighted by atomic mass is 9.97. The van der Waals surface area contributed by atoms with E-state index in [2.05, 4.69) is 24.8 Å². The Morgan fingerprint density at radius 3 is 2.54 bits per heavy atom. The number of ether oxygens (including phenoxy) is 1. The van der Waals surface area contributed by atoms with Crippen molar-refractivity contribution < 1.29 is 22.3 Å². The molecule has 0 bridgehead atoms. The summed E-state index contributed by atoms with van der Waals surface area (Å²) in [6.07, 6.45) is -2.88. The van der Waals surface area contributed by atoms with Crippen molar-refractivity contribution >= 4 is 33.0 Å². The number of anilines is 1. The molecule has 0 spiro atoms. The highest BCUT2D eigenvalue weighted by Crippen LogP contribution is 2.37. The molecule has 0 radical (unpaired) electrons. The Balaban J connectivity index is 1.57. The Morgan fingerprint density at radius 1 is 1.07 bits per heavy atom. The number of thiazole rings is 1. The van der Waals surface area contributed by atoms with Crippen LogP contribution in [0.25, 0.3) is 38.2 Å². The smallest absolute Gasteiger partial charge is 0.385 e. The number of rotatable bonds is 5. The van der Waals surface area contributed by atoms with E-state index in [1.54, 1.807) is 4.40 Å². The van der Waals surface area contributed by atoms with Crippen LogP contribution in [0.1, 0.15) is 24.2 Å². The van der Waals surface area contributed by atoms with Gasteiger partial charge in [-0.3, -0.25) is 9.20 Å². The molecule has 0 aliphatic heterocycles. The van der Waals surface area contributed by atoms with Crippen molar-refractivity contribution in [1.82, 2.24) is 29.1 Å². The summed E-state index contributed by atoms with van der Waals surface area (Å²) < 4.78 is 59.4. The third-order valence-corrected chi connectivity index (χ3v) is 7.60. The van der Waals surface area contributed by atoms with Gasteiger partial charge >= 0.3 is 6.36 Å². The van der Waals surface area contributed by atoms with E-state index in [1.807, 2.05) is 55.6 Å². The molecule has 0 aliphatic carbocycles. The Bertz CT molecular complexity index is 2000. The minimum Gasteiger partial charge on any atom is -0.385 e. The molecule has 1 atom stereocenters. The maximum atomic E-state index is 14.6. The number of nitrogens with zero attached hydrogens (tertiary/aromatic N) is 6. The maximum absolute atomic E-state index is 14.6. The van der Waals surface area contributed by atoms with Crippen LogP contribution < -0.4 is 16.0 Å². The Morgan fingerprint density at radius 2 is 1.83 bits per heavy atom. The topological polar surface area (TPSA) is 113 Å². The Hall–Kier alpha value is -4.85. The third kappa shape index (κ3) is 4.55. The van der Waals surface area contributed by atoms with Gasteiger partial charge in [0.1, 0.15) is 22.7 Å². The largest absolute Gasteiger partial charge is 0.574 e. The van der Waals surface area contributed by atoms with Crippen LogP contribution in [-0.2, 0) is 0 Å². The number of pyridine rings is 2. The first-order valence-electron chi connectivity index (χ1n) is 12.1. The van der Waals surface area contributed by atoms with Crippen LogP contribution in [-0.4, -0.2) is 35.5 Å². The number of nitrogens with two attached hydrogens (primary N) is 1. The molecule has 6 rings (SSSR count). The molecule has 41 heavy (non-hydrogen) atoms. The summed E-state index contributed by atoms with van der Waals surface area (Å²) in [6.45, 7) is 3.68. The molecule has 0 unspecified atom stereocenters. The highest BCUT2D eigenvalue weighted by atomic mass is 32.1. The van der Waals surface area contributed by atoms with Gasteiger partial charge in [-0.2, -0.15) is 5.10 Å². The molecule has 0 aliphatic rings. The Kier molecular flexibility index (Phi) is 6.21. The first-order chi connectivity index (χ1) is 19.5. The number of hydrogen-bond acceptors (Lipinski definition) is 8. The van der Waals surface area contributed by atoms with Crippen LogP contribution in [0.5, 0.6) is 5.88 Å². The standard InChI is InChI=1S/C27H19F4N7O2S/c1-13-11-41-19-9-17(20(26(39)37(13)19)15-6-4-3-5-7-15)14(2)38-24-21(23(32)34-12-35-24)22(36-38)16-8-18(28)25(33-10-16)40-27(29,30)31/h3-12,14H,1-2H3,(H2,32,34,35)/t14-/m0/s1. The van der Waals surface area contributed by atoms with Gasteiger partial charge in [0.05, 0.1) is 17.0 Å². The molecule has 0 saturated heterocycles. The van der Waals surface area contributed by atoms with Crippen molar-refractivity contribution in [3.63, 3.8) is 0 Å². The van der Waals surface area contributed by atoms with Crippen molar-refractivity contribution in [2.24, 2.45) is 0 Å². The average Bonchev–Trinajstić information content (AvgIpc) is 3.51. The predicted molar refractivity (Wildman–Crippen MR) is 145 cm³/mol. The van der Waals surface area contributed by atoms with Crippen molar-refractivity contribution in [1.29, 1.82) is 0 Å². The molecule has 5 heterocycles. The highest BCUT2D eigenvalue weighted by Gasteiger charge is 2.33. The molecule has 0 fully saturated rings. The van der Waals surface area contributed by atoms with E-state index in [-0.39, 0.29) is 33.7 Å². The first-order valence-corrected chi connectivity index (χ1v) is 13.0. The van der Waals surface area contributed by atoms with Gasteiger partial charge in [0, 0.05) is 22.8 Å². The summed E-state index contributed by atoms with van der Waals surface area (Å²) in [6, 6.07) is 11.3. The van der Waals surface area contributed by atoms with Crippen molar-refractivity contribution in [3.05, 3.63) is 87.8 Å². The fourth-order valence-corrected chi connectivity index (χ4v) is 5.71. The second-order valence-electron chi connectivity index (χ2n) is 9.18. The second-order valence-corrected chi connectivity index (χ2v) is 10.1. The number of alkyl halides is 3. The van der Waals surface area contributed by atoms with Gasteiger partial charge in [-0.15, -0.1) is 24.5 Å². The maximum Gasteiger partial charge on any atom is 0.574 e. The molecular formula is C27H19F4N7O2S. The number of aryl methyl sites for hydroxylation is 1. The van der Waals surface area contributed by atoms with E-state index in [0.29, 0.717) is 16.7 Å². The zero-order valence-corrected chi connectivity index (χ0v) is 22.2. The molecule has 0 amide bonds. The van der Waals surface area contributed by atoms with Crippen LogP contribution in [0, 0.1) is 12.7 Å². The normalized spacial score (nSPS) is 12.7. The lowest BCUT2D eigenvalue weighted by Gasteiger charge is -2.18. The zero-order chi connectivity index (χ0) is 29.1. The summed E-state index contributed by atoms with van der Waals surface area (Å²) in [5.41, 5.74) is 8.99. The van der Waals surface area contributed by atoms with Gasteiger partial charge in [-0.1, -0.05) is 30.3 Å². The number of aromatic nitrogens is 6. The van der Waals surface area contributed by atoms with Gasteiger partial charge in [0.25, 0.3) is 11.4 Å². The van der Waals surface area contributed by atoms with Crippen LogP contribution >= 0.6 is 11.3 Å². The number of nitrogen functional groups attached to an aromatic ring is 1. The van der Waals surface area contributed by atoms with Crippen LogP contribution in [0.15, 0.2) is 65.2 Å². The summed E-state index contributed by atoms with van der Waals surface area (Å²) >= 11 is 1.42. The molecule has 208 valence electrons. The summed E-state index contributed by atoms with van der Waals surface area (Å²) in [5, 5.41) is 6.79. The second kappa shape index (κ2) is 9.66. The monoisotopic (exact) mass is 581 g/mol. The lowest BCUT2D eigenvalue weighted by Crippen LogP contribution is -2.21. The highest BCUT2D eigenvalue weighted by molar-refractivity contribution is 7.15. The van der Waals surface area contributed by atoms with Gasteiger partial charge < -0.3 is 10.5 Å². The molecule has 1 aromatic carbocycles. The number of halogens is 4. The van der Waals surface area contributed by atoms with Crippen LogP contribution in [0.2, 0.25) is 0 Å². The SMILES string of the molecule is Cc1csc2cc([C@H](C)n3nc(-c4cnc(OC(F)(F)F)c(F)c4)c4c(N)ncnc43)c(-c3ccccc3)c(=O)n12. The lowest BCUT2D eigenvalue weighted by molar-refractivity contribution is -0.277. The minimum absolute atomic E-state index is 0.0205. The van der Waals surface area contributed by atoms with Crippen molar-refractivity contribution in [3.8, 4) is 28.3 Å². The van der Waals surface area contributed by atoms with Crippen molar-refractivity contribution in [2.45, 2.75) is 26.3 Å². The number of fused-ring (bicyclic) bond motifs is 2. The molecule has 2 N–H and O–H groups in total. The minimum atomic E-state index is -5.12. The van der Waals surface area contributed by atoms with E-state index >= 15 is 0 Å². The van der Waals surface area contributed by atoms with E-state index in [0.717, 1.165) is 22.8 Å². The fraction of sp³-hybridized carbons (Fsp3) is 0.148. The van der Waals surface area contributed by atoms with Gasteiger partial charge in [0.15, 0.2) is 11.5 Å². The predicted octanol–water partition coefficient (Wildman–Crippen LogP) is 5.77. The van der Waals surface area contributed by atoms with E-state index in [1.165, 1.54) is 22.3 Å². The van der Waals surface area contributed by atoms with Crippen molar-refractivity contribution in [2.75, 3.05) is 5.73 Å². The number of benzene rings is 1. The zero-order valence-electron chi connectivity index (χ0n) is 21.3. The molecule has 5 aromatic heterocycles. The molecule has 9 nitrogen and oxygen atoms in total. The van der Waals surface area contributed by atoms with Gasteiger partial charge in [0.2, 0.25) is 0 Å². The van der Waals surface area contributed by atoms with E-state index in [4.69, 9.17) is 5.73 Å². The van der Waals surface area contributed by atoms with Gasteiger partial charge in [-0.05, 0) is 37.1 Å². The van der Waals surface area contributed by atoms with Gasteiger partial charge in [-0.25, -0.2) is 24.0 Å².